The Bertz CT molecular complexity index is 445. The molecule has 0 aliphatic heterocycles. The molecule has 3 nitrogen and oxygen atoms in total. The predicted molar refractivity (Wildman–Crippen MR) is 86.2 cm³/mol. The van der Waals surface area contributed by atoms with Gasteiger partial charge in [-0.05, 0) is 38.2 Å². The van der Waals surface area contributed by atoms with Crippen molar-refractivity contribution in [3.63, 3.8) is 0 Å². The van der Waals surface area contributed by atoms with Gasteiger partial charge in [-0.1, -0.05) is 26.7 Å². The lowest BCUT2D eigenvalue weighted by Crippen LogP contribution is -2.35. The first-order valence-electron chi connectivity index (χ1n) is 7.79. The molecule has 0 radical (unpaired) electrons. The molecule has 0 heterocycles. The molecule has 1 fully saturated rings. The van der Waals surface area contributed by atoms with Crippen LogP contribution in [-0.4, -0.2) is 12.1 Å². The van der Waals surface area contributed by atoms with Gasteiger partial charge < -0.3 is 15.8 Å². The molecular formula is C17H28N2O. The molecule has 2 rings (SSSR count). The molecule has 1 aliphatic rings. The smallest absolute Gasteiger partial charge is 0.123 e. The van der Waals surface area contributed by atoms with E-state index in [2.05, 4.69) is 25.2 Å². The zero-order chi connectivity index (χ0) is 14.7. The van der Waals surface area contributed by atoms with E-state index in [1.165, 1.54) is 19.3 Å². The first-order valence-corrected chi connectivity index (χ1v) is 7.79. The Morgan fingerprint density at radius 3 is 2.65 bits per heavy atom. The van der Waals surface area contributed by atoms with E-state index in [0.717, 1.165) is 23.0 Å². The number of rotatable bonds is 4. The van der Waals surface area contributed by atoms with Gasteiger partial charge in [-0.3, -0.25) is 0 Å². The highest BCUT2D eigenvalue weighted by molar-refractivity contribution is 5.59. The summed E-state index contributed by atoms with van der Waals surface area (Å²) < 4.78 is 5.75. The summed E-state index contributed by atoms with van der Waals surface area (Å²) in [6.07, 6.45) is 4.05. The average molecular weight is 276 g/mol. The van der Waals surface area contributed by atoms with Crippen molar-refractivity contribution >= 4 is 11.4 Å². The van der Waals surface area contributed by atoms with Crippen LogP contribution >= 0.6 is 0 Å². The third kappa shape index (κ3) is 3.81. The molecule has 3 unspecified atom stereocenters. The van der Waals surface area contributed by atoms with Crippen molar-refractivity contribution in [1.82, 2.24) is 0 Å². The van der Waals surface area contributed by atoms with E-state index in [-0.39, 0.29) is 6.10 Å². The highest BCUT2D eigenvalue weighted by Crippen LogP contribution is 2.33. The van der Waals surface area contributed by atoms with Gasteiger partial charge in [0.2, 0.25) is 0 Å². The van der Waals surface area contributed by atoms with Crippen LogP contribution in [0.25, 0.3) is 0 Å². The summed E-state index contributed by atoms with van der Waals surface area (Å²) in [7, 11) is 0. The van der Waals surface area contributed by atoms with Crippen LogP contribution in [0.3, 0.4) is 0 Å². The Labute approximate surface area is 122 Å². The van der Waals surface area contributed by atoms with Gasteiger partial charge in [-0.25, -0.2) is 0 Å². The Morgan fingerprint density at radius 1 is 1.20 bits per heavy atom. The highest BCUT2D eigenvalue weighted by Gasteiger charge is 2.26. The second-order valence-corrected chi connectivity index (χ2v) is 6.48. The average Bonchev–Trinajstić information content (AvgIpc) is 2.33. The summed E-state index contributed by atoms with van der Waals surface area (Å²) in [6.45, 7) is 8.76. The second kappa shape index (κ2) is 6.38. The van der Waals surface area contributed by atoms with Crippen LogP contribution < -0.4 is 15.8 Å². The molecule has 0 spiro atoms. The Balaban J connectivity index is 2.10. The normalized spacial score (nSPS) is 26.6. The molecule has 112 valence electrons. The van der Waals surface area contributed by atoms with Crippen LogP contribution in [0.4, 0.5) is 11.4 Å². The third-order valence-electron chi connectivity index (χ3n) is 4.36. The summed E-state index contributed by atoms with van der Waals surface area (Å²) in [6, 6.07) is 6.48. The second-order valence-electron chi connectivity index (χ2n) is 6.48. The predicted octanol–water partition coefficient (Wildman–Crippen LogP) is 4.29. The molecule has 3 atom stereocenters. The molecule has 3 heteroatoms. The van der Waals surface area contributed by atoms with Gasteiger partial charge in [0.1, 0.15) is 5.75 Å². The van der Waals surface area contributed by atoms with Crippen molar-refractivity contribution in [1.29, 1.82) is 0 Å². The van der Waals surface area contributed by atoms with Gasteiger partial charge in [-0.15, -0.1) is 0 Å². The minimum Gasteiger partial charge on any atom is -0.491 e. The zero-order valence-corrected chi connectivity index (χ0v) is 13.1. The quantitative estimate of drug-likeness (QED) is 0.806. The molecule has 1 aromatic carbocycles. The first kappa shape index (κ1) is 15.0. The van der Waals surface area contributed by atoms with Gasteiger partial charge in [0.25, 0.3) is 0 Å². The summed E-state index contributed by atoms with van der Waals surface area (Å²) >= 11 is 0. The maximum atomic E-state index is 5.98. The van der Waals surface area contributed by atoms with Gasteiger partial charge in [-0.2, -0.15) is 0 Å². The number of nitrogens with two attached hydrogens (primary N) is 1. The fourth-order valence-electron chi connectivity index (χ4n) is 3.05. The van der Waals surface area contributed by atoms with Crippen LogP contribution in [0.2, 0.25) is 0 Å². The number of nitrogen functional groups attached to an aromatic ring is 1. The van der Waals surface area contributed by atoms with Crippen LogP contribution in [0, 0.1) is 11.8 Å². The van der Waals surface area contributed by atoms with Gasteiger partial charge in [0.15, 0.2) is 0 Å². The van der Waals surface area contributed by atoms with Crippen LogP contribution in [0.15, 0.2) is 18.2 Å². The van der Waals surface area contributed by atoms with E-state index in [0.29, 0.717) is 12.0 Å². The molecule has 20 heavy (non-hydrogen) atoms. The molecule has 1 saturated carbocycles. The summed E-state index contributed by atoms with van der Waals surface area (Å²) in [4.78, 5) is 0. The standard InChI is InChI=1S/C17H28N2O/c1-11(2)20-16-9-14(18)8-15(10-16)19-17-7-5-6-12(3)13(17)4/h8-13,17,19H,5-7,18H2,1-4H3. The molecule has 0 saturated heterocycles. The van der Waals surface area contributed by atoms with Crippen LogP contribution in [-0.2, 0) is 0 Å². The van der Waals surface area contributed by atoms with Gasteiger partial charge in [0, 0.05) is 29.5 Å². The van der Waals surface area contributed by atoms with Crippen molar-refractivity contribution in [2.24, 2.45) is 11.8 Å². The Hall–Kier alpha value is -1.38. The molecule has 0 bridgehead atoms. The van der Waals surface area contributed by atoms with Gasteiger partial charge in [0.05, 0.1) is 6.10 Å². The minimum absolute atomic E-state index is 0.165. The fourth-order valence-corrected chi connectivity index (χ4v) is 3.05. The lowest BCUT2D eigenvalue weighted by molar-refractivity contribution is 0.242. The summed E-state index contributed by atoms with van der Waals surface area (Å²) in [5.74, 6) is 2.33. The third-order valence-corrected chi connectivity index (χ3v) is 4.36. The first-order chi connectivity index (χ1) is 9.45. The number of ether oxygens (including phenoxy) is 1. The number of benzene rings is 1. The van der Waals surface area contributed by atoms with Crippen molar-refractivity contribution in [3.05, 3.63) is 18.2 Å². The SMILES string of the molecule is CC(C)Oc1cc(N)cc(NC2CCCC(C)C2C)c1. The molecule has 3 N–H and O–H groups in total. The maximum absolute atomic E-state index is 5.98. The van der Waals surface area contributed by atoms with E-state index in [1.807, 2.05) is 26.0 Å². The van der Waals surface area contributed by atoms with Gasteiger partial charge >= 0.3 is 0 Å². The maximum Gasteiger partial charge on any atom is 0.123 e. The largest absolute Gasteiger partial charge is 0.491 e. The van der Waals surface area contributed by atoms with Crippen molar-refractivity contribution in [2.45, 2.75) is 59.1 Å². The molecule has 0 aromatic heterocycles. The van der Waals surface area contributed by atoms with Crippen molar-refractivity contribution < 1.29 is 4.74 Å². The molecular weight excluding hydrogens is 248 g/mol. The number of anilines is 2. The molecule has 0 amide bonds. The Morgan fingerprint density at radius 2 is 1.95 bits per heavy atom. The van der Waals surface area contributed by atoms with Crippen LogP contribution in [0.5, 0.6) is 5.75 Å². The van der Waals surface area contributed by atoms with Crippen LogP contribution in [0.1, 0.15) is 47.0 Å². The number of nitrogens with one attached hydrogen (secondary N) is 1. The van der Waals surface area contributed by atoms with E-state index in [9.17, 15) is 0 Å². The molecule has 1 aliphatic carbocycles. The van der Waals surface area contributed by atoms with E-state index < -0.39 is 0 Å². The highest BCUT2D eigenvalue weighted by atomic mass is 16.5. The topological polar surface area (TPSA) is 47.3 Å². The van der Waals surface area contributed by atoms with Crippen molar-refractivity contribution in [2.75, 3.05) is 11.1 Å². The number of hydrogen-bond acceptors (Lipinski definition) is 3. The van der Waals surface area contributed by atoms with Crippen molar-refractivity contribution in [3.8, 4) is 5.75 Å². The Kier molecular flexibility index (Phi) is 4.79. The summed E-state index contributed by atoms with van der Waals surface area (Å²) in [5, 5.41) is 3.66. The lowest BCUT2D eigenvalue weighted by Gasteiger charge is -2.35. The fraction of sp³-hybridized carbons (Fsp3) is 0.647. The summed E-state index contributed by atoms with van der Waals surface area (Å²) in [5.41, 5.74) is 7.81. The lowest BCUT2D eigenvalue weighted by atomic mass is 9.78. The number of hydrogen-bond donors (Lipinski definition) is 2. The van der Waals surface area contributed by atoms with E-state index in [1.54, 1.807) is 0 Å². The monoisotopic (exact) mass is 276 g/mol. The van der Waals surface area contributed by atoms with E-state index in [4.69, 9.17) is 10.5 Å². The zero-order valence-electron chi connectivity index (χ0n) is 13.1. The molecule has 1 aromatic rings. The minimum atomic E-state index is 0.165. The van der Waals surface area contributed by atoms with E-state index >= 15 is 0 Å².